The minimum absolute atomic E-state index is 0.0107. The van der Waals surface area contributed by atoms with Crippen molar-refractivity contribution in [3.8, 4) is 12.3 Å². The van der Waals surface area contributed by atoms with Gasteiger partial charge in [-0.2, -0.15) is 0 Å². The number of aliphatic imine (C=N–C) groups is 2. The van der Waals surface area contributed by atoms with Gasteiger partial charge in [0.05, 0.1) is 34.4 Å². The highest BCUT2D eigenvalue weighted by Gasteiger charge is 2.26. The Balaban J connectivity index is 1.79. The van der Waals surface area contributed by atoms with Crippen LogP contribution < -0.4 is 10.7 Å². The summed E-state index contributed by atoms with van der Waals surface area (Å²) in [7, 11) is 0. The molecule has 3 aliphatic rings. The maximum Gasteiger partial charge on any atom is 0.303 e. The number of hydrogen-bond acceptors (Lipinski definition) is 4. The molecule has 0 fully saturated rings. The second-order valence-corrected chi connectivity index (χ2v) is 11.0. The van der Waals surface area contributed by atoms with E-state index in [2.05, 4.69) is 22.5 Å². The third-order valence-corrected chi connectivity index (χ3v) is 8.41. The normalized spacial score (nSPS) is 19.4. The van der Waals surface area contributed by atoms with Crippen LogP contribution in [0.5, 0.6) is 0 Å². The lowest BCUT2D eigenvalue weighted by Gasteiger charge is -2.09. The minimum Gasteiger partial charge on any atom is -0.481 e. The van der Waals surface area contributed by atoms with E-state index in [0.717, 1.165) is 78.0 Å². The van der Waals surface area contributed by atoms with Crippen LogP contribution in [-0.4, -0.2) is 49.6 Å². The van der Waals surface area contributed by atoms with E-state index >= 15 is 0 Å². The number of aromatic amines is 2. The van der Waals surface area contributed by atoms with Crippen LogP contribution in [0.4, 0.5) is 0 Å². The molecular formula is C35H34N4O4. The van der Waals surface area contributed by atoms with E-state index in [1.165, 1.54) is 0 Å². The van der Waals surface area contributed by atoms with Crippen molar-refractivity contribution in [2.75, 3.05) is 0 Å². The van der Waals surface area contributed by atoms with Crippen LogP contribution in [0.1, 0.15) is 73.2 Å². The van der Waals surface area contributed by atoms with E-state index in [-0.39, 0.29) is 18.9 Å². The molecule has 3 aliphatic heterocycles. The maximum absolute atomic E-state index is 11.5. The van der Waals surface area contributed by atoms with Crippen molar-refractivity contribution in [3.63, 3.8) is 0 Å². The number of aliphatic carboxylic acids is 2. The number of H-pyrrole nitrogens is 2. The van der Waals surface area contributed by atoms with Gasteiger partial charge in [-0.1, -0.05) is 24.7 Å². The number of fused-ring (bicyclic) bond motifs is 6. The monoisotopic (exact) mass is 574 g/mol. The molecule has 8 bridgehead atoms. The summed E-state index contributed by atoms with van der Waals surface area (Å²) >= 11 is 0. The highest BCUT2D eigenvalue weighted by Crippen LogP contribution is 2.33. The molecule has 0 amide bonds. The van der Waals surface area contributed by atoms with Gasteiger partial charge in [-0.3, -0.25) is 14.6 Å². The molecule has 4 N–H and O–H groups in total. The molecular weight excluding hydrogens is 540 g/mol. The van der Waals surface area contributed by atoms with Gasteiger partial charge in [-0.15, -0.1) is 6.42 Å². The van der Waals surface area contributed by atoms with Gasteiger partial charge in [0.1, 0.15) is 0 Å². The Morgan fingerprint density at radius 2 is 1.67 bits per heavy atom. The Labute approximate surface area is 250 Å². The predicted molar refractivity (Wildman–Crippen MR) is 171 cm³/mol. The first-order chi connectivity index (χ1) is 20.5. The molecule has 5 heterocycles. The number of nitrogens with one attached hydrogen (secondary N) is 2. The van der Waals surface area contributed by atoms with Gasteiger partial charge in [-0.05, 0) is 98.3 Å². The fraction of sp³-hybridized carbons (Fsp3) is 0.257. The highest BCUT2D eigenvalue weighted by atomic mass is 16.4. The predicted octanol–water partition coefficient (Wildman–Crippen LogP) is 4.74. The Hall–Kier alpha value is -5.16. The fourth-order valence-electron chi connectivity index (χ4n) is 5.90. The van der Waals surface area contributed by atoms with Crippen LogP contribution in [0.15, 0.2) is 56.7 Å². The van der Waals surface area contributed by atoms with Gasteiger partial charge in [0.2, 0.25) is 0 Å². The molecule has 5 rings (SSSR count). The first-order valence-electron chi connectivity index (χ1n) is 14.2. The molecule has 8 heteroatoms. The quantitative estimate of drug-likeness (QED) is 0.356. The molecule has 0 aliphatic carbocycles. The lowest BCUT2D eigenvalue weighted by atomic mass is 9.96. The van der Waals surface area contributed by atoms with Gasteiger partial charge in [0.15, 0.2) is 0 Å². The van der Waals surface area contributed by atoms with Crippen LogP contribution in [-0.2, 0) is 9.59 Å². The van der Waals surface area contributed by atoms with Gasteiger partial charge in [-0.25, -0.2) is 4.99 Å². The van der Waals surface area contributed by atoms with Crippen molar-refractivity contribution in [1.29, 1.82) is 0 Å². The van der Waals surface area contributed by atoms with Crippen molar-refractivity contribution < 1.29 is 19.8 Å². The lowest BCUT2D eigenvalue weighted by molar-refractivity contribution is -0.138. The second kappa shape index (κ2) is 11.6. The Morgan fingerprint density at radius 1 is 0.953 bits per heavy atom. The number of allylic oxidation sites excluding steroid dienone is 4. The molecule has 2 aromatic heterocycles. The van der Waals surface area contributed by atoms with Gasteiger partial charge >= 0.3 is 11.9 Å². The van der Waals surface area contributed by atoms with E-state index in [1.54, 1.807) is 0 Å². The number of hydrogen-bond donors (Lipinski definition) is 4. The van der Waals surface area contributed by atoms with Crippen molar-refractivity contribution >= 4 is 47.7 Å². The topological polar surface area (TPSA) is 131 Å². The molecule has 0 radical (unpaired) electrons. The molecule has 2 aromatic rings. The van der Waals surface area contributed by atoms with Crippen LogP contribution in [0.3, 0.4) is 0 Å². The van der Waals surface area contributed by atoms with Crippen molar-refractivity contribution in [2.45, 2.75) is 59.4 Å². The minimum atomic E-state index is -0.884. The largest absolute Gasteiger partial charge is 0.481 e. The molecule has 1 atom stereocenters. The number of aromatic nitrogens is 2. The van der Waals surface area contributed by atoms with Crippen molar-refractivity contribution in [2.24, 2.45) is 9.98 Å². The third kappa shape index (κ3) is 5.54. The highest BCUT2D eigenvalue weighted by molar-refractivity contribution is 6.22. The molecule has 8 nitrogen and oxygen atoms in total. The summed E-state index contributed by atoms with van der Waals surface area (Å²) in [6.07, 6.45) is 18.2. The SMILES string of the molecule is C#Cc1c2[nH]c(c1C)/C=C1N=C(/C=C/C3N=C(C=c4[nH]c(c(C)c4C=C)=C2)C(C)=C3CCC(=O)O)C(CCC(=O)O)=C\1C. The summed E-state index contributed by atoms with van der Waals surface area (Å²) in [5, 5.41) is 20.6. The van der Waals surface area contributed by atoms with E-state index in [4.69, 9.17) is 16.4 Å². The summed E-state index contributed by atoms with van der Waals surface area (Å²) in [6, 6.07) is -0.377. The molecule has 0 saturated heterocycles. The smallest absolute Gasteiger partial charge is 0.303 e. The zero-order valence-electron chi connectivity index (χ0n) is 24.8. The van der Waals surface area contributed by atoms with E-state index < -0.39 is 11.9 Å². The number of rotatable bonds is 7. The lowest BCUT2D eigenvalue weighted by Crippen LogP contribution is -2.14. The van der Waals surface area contributed by atoms with Gasteiger partial charge in [0, 0.05) is 34.8 Å². The summed E-state index contributed by atoms with van der Waals surface area (Å²) < 4.78 is 0. The van der Waals surface area contributed by atoms with Crippen LogP contribution in [0.2, 0.25) is 0 Å². The van der Waals surface area contributed by atoms with Crippen LogP contribution in [0.25, 0.3) is 24.3 Å². The van der Waals surface area contributed by atoms with E-state index in [9.17, 15) is 19.8 Å². The summed E-state index contributed by atoms with van der Waals surface area (Å²) in [4.78, 5) is 39.9. The van der Waals surface area contributed by atoms with Crippen molar-refractivity contribution in [1.82, 2.24) is 9.97 Å². The second-order valence-electron chi connectivity index (χ2n) is 11.0. The van der Waals surface area contributed by atoms with Gasteiger partial charge < -0.3 is 20.2 Å². The average Bonchev–Trinajstić information content (AvgIpc) is 3.62. The number of carbonyl (C=O) groups is 2. The number of terminal acetylenes is 1. The number of nitrogens with zero attached hydrogens (tertiary/aromatic N) is 2. The molecule has 0 saturated carbocycles. The number of carboxylic acid groups (broad SMARTS) is 2. The van der Waals surface area contributed by atoms with Gasteiger partial charge in [0.25, 0.3) is 0 Å². The molecule has 0 spiro atoms. The van der Waals surface area contributed by atoms with Crippen LogP contribution >= 0.6 is 0 Å². The Kier molecular flexibility index (Phi) is 7.92. The van der Waals surface area contributed by atoms with E-state index in [1.807, 2.05) is 64.2 Å². The first kappa shape index (κ1) is 29.3. The standard InChI is InChI=1S/C35H34N4O4/c1-7-22-18(3)28-15-29-20(5)24(9-13-34(40)41)26(36-29)11-12-27-25(10-14-35(42)43)21(6)31(37-27)17-33-23(8-2)19(4)30(39-33)16-32(22)38-28/h1,8,11-12,15-17,27,38-39H,2,9-10,13-14H2,3-6H3,(H,40,41)(H,42,43)/b12-11+,29-15-,30-16?,33-17?. The zero-order chi connectivity index (χ0) is 31.0. The first-order valence-corrected chi connectivity index (χ1v) is 14.2. The average molecular weight is 575 g/mol. The maximum atomic E-state index is 11.5. The number of carboxylic acids is 2. The molecule has 43 heavy (non-hydrogen) atoms. The zero-order valence-corrected chi connectivity index (χ0v) is 24.8. The third-order valence-electron chi connectivity index (χ3n) is 8.41. The summed E-state index contributed by atoms with van der Waals surface area (Å²) in [5.74, 6) is 1.07. The molecule has 0 aromatic carbocycles. The molecule has 1 unspecified atom stereocenters. The molecule has 218 valence electrons. The van der Waals surface area contributed by atoms with Crippen molar-refractivity contribution in [3.05, 3.63) is 91.1 Å². The summed E-state index contributed by atoms with van der Waals surface area (Å²) in [6.45, 7) is 11.9. The Bertz CT molecular complexity index is 1940. The Morgan fingerprint density at radius 3 is 2.35 bits per heavy atom. The summed E-state index contributed by atoms with van der Waals surface area (Å²) in [5.41, 5.74) is 11.0. The van der Waals surface area contributed by atoms with Crippen LogP contribution in [0, 0.1) is 26.2 Å². The van der Waals surface area contributed by atoms with E-state index in [0.29, 0.717) is 18.6 Å². The fourth-order valence-corrected chi connectivity index (χ4v) is 5.90.